The Balaban J connectivity index is 2.76. The van der Waals surface area contributed by atoms with Gasteiger partial charge in [-0.1, -0.05) is 6.92 Å². The second kappa shape index (κ2) is 5.65. The number of carbonyl (C=O) groups excluding carboxylic acids is 1. The number of hydrogen-bond acceptors (Lipinski definition) is 4. The highest BCUT2D eigenvalue weighted by molar-refractivity contribution is 7.91. The fourth-order valence-electron chi connectivity index (χ4n) is 2.00. The van der Waals surface area contributed by atoms with E-state index in [-0.39, 0.29) is 17.3 Å². The van der Waals surface area contributed by atoms with Crippen LogP contribution in [0.5, 0.6) is 0 Å². The molecule has 0 atom stereocenters. The highest BCUT2D eigenvalue weighted by Crippen LogP contribution is 2.14. The van der Waals surface area contributed by atoms with Crippen molar-refractivity contribution >= 4 is 15.6 Å². The van der Waals surface area contributed by atoms with E-state index in [2.05, 4.69) is 5.10 Å². The summed E-state index contributed by atoms with van der Waals surface area (Å²) in [6.07, 6.45) is 0.523. The van der Waals surface area contributed by atoms with Crippen molar-refractivity contribution < 1.29 is 13.2 Å². The lowest BCUT2D eigenvalue weighted by atomic mass is 10.1. The van der Waals surface area contributed by atoms with Crippen LogP contribution in [-0.4, -0.2) is 35.5 Å². The van der Waals surface area contributed by atoms with Gasteiger partial charge in [0.2, 0.25) is 0 Å². The van der Waals surface area contributed by atoms with Gasteiger partial charge in [0.05, 0.1) is 17.0 Å². The standard InChI is InChI=1S/C12H20N2O3S/c1-5-18(16,17)8-6-7-14-10(3)12(11(4)15)9(2)13-14/h5-8H2,1-4H3. The third-order valence-electron chi connectivity index (χ3n) is 3.00. The van der Waals surface area contributed by atoms with Crippen molar-refractivity contribution in [1.29, 1.82) is 0 Å². The Morgan fingerprint density at radius 3 is 2.39 bits per heavy atom. The van der Waals surface area contributed by atoms with Crippen molar-refractivity contribution in [1.82, 2.24) is 9.78 Å². The highest BCUT2D eigenvalue weighted by Gasteiger charge is 2.15. The molecule has 0 spiro atoms. The van der Waals surface area contributed by atoms with Gasteiger partial charge < -0.3 is 0 Å². The molecule has 0 N–H and O–H groups in total. The van der Waals surface area contributed by atoms with Gasteiger partial charge in [0.25, 0.3) is 0 Å². The Morgan fingerprint density at radius 2 is 1.94 bits per heavy atom. The zero-order valence-corrected chi connectivity index (χ0v) is 12.2. The average Bonchev–Trinajstić information content (AvgIpc) is 2.54. The summed E-state index contributed by atoms with van der Waals surface area (Å²) >= 11 is 0. The average molecular weight is 272 g/mol. The molecule has 1 rings (SSSR count). The van der Waals surface area contributed by atoms with Gasteiger partial charge in [-0.15, -0.1) is 0 Å². The molecular formula is C12H20N2O3S. The third-order valence-corrected chi connectivity index (χ3v) is 4.79. The summed E-state index contributed by atoms with van der Waals surface area (Å²) in [5.41, 5.74) is 2.17. The molecule has 102 valence electrons. The number of aryl methyl sites for hydroxylation is 2. The number of ketones is 1. The summed E-state index contributed by atoms with van der Waals surface area (Å²) in [5.74, 6) is 0.331. The molecule has 18 heavy (non-hydrogen) atoms. The first-order valence-corrected chi connectivity index (χ1v) is 7.86. The Bertz CT molecular complexity index is 544. The Hall–Kier alpha value is -1.17. The number of rotatable bonds is 6. The number of nitrogens with zero attached hydrogens (tertiary/aromatic N) is 2. The number of Topliss-reactive ketones (excluding diaryl/α,β-unsaturated/α-hetero) is 1. The van der Waals surface area contributed by atoms with Gasteiger partial charge in [-0.25, -0.2) is 8.42 Å². The van der Waals surface area contributed by atoms with Crippen LogP contribution in [-0.2, 0) is 16.4 Å². The summed E-state index contributed by atoms with van der Waals surface area (Å²) in [5, 5.41) is 4.28. The van der Waals surface area contributed by atoms with E-state index >= 15 is 0 Å². The van der Waals surface area contributed by atoms with Crippen LogP contribution in [0.4, 0.5) is 0 Å². The fourth-order valence-corrected chi connectivity index (χ4v) is 2.86. The lowest BCUT2D eigenvalue weighted by Crippen LogP contribution is -2.12. The predicted molar refractivity (Wildman–Crippen MR) is 70.7 cm³/mol. The van der Waals surface area contributed by atoms with Gasteiger partial charge in [0.1, 0.15) is 9.84 Å². The summed E-state index contributed by atoms with van der Waals surface area (Å²) in [7, 11) is -2.93. The van der Waals surface area contributed by atoms with E-state index in [9.17, 15) is 13.2 Å². The Morgan fingerprint density at radius 1 is 1.33 bits per heavy atom. The smallest absolute Gasteiger partial charge is 0.163 e. The number of aromatic nitrogens is 2. The van der Waals surface area contributed by atoms with Crippen LogP contribution in [0.1, 0.15) is 42.0 Å². The van der Waals surface area contributed by atoms with E-state index in [0.29, 0.717) is 24.2 Å². The lowest BCUT2D eigenvalue weighted by Gasteiger charge is -2.05. The minimum atomic E-state index is -2.93. The monoisotopic (exact) mass is 272 g/mol. The maximum Gasteiger partial charge on any atom is 0.163 e. The molecule has 0 saturated carbocycles. The van der Waals surface area contributed by atoms with E-state index in [4.69, 9.17) is 0 Å². The maximum atomic E-state index is 11.4. The predicted octanol–water partition coefficient (Wildman–Crippen LogP) is 1.53. The van der Waals surface area contributed by atoms with Crippen LogP contribution < -0.4 is 0 Å². The van der Waals surface area contributed by atoms with Gasteiger partial charge >= 0.3 is 0 Å². The molecule has 1 aromatic heterocycles. The first-order valence-electron chi connectivity index (χ1n) is 6.04. The second-order valence-corrected chi connectivity index (χ2v) is 6.89. The molecular weight excluding hydrogens is 252 g/mol. The van der Waals surface area contributed by atoms with E-state index in [0.717, 1.165) is 5.69 Å². The molecule has 0 radical (unpaired) electrons. The van der Waals surface area contributed by atoms with Crippen molar-refractivity contribution in [2.75, 3.05) is 11.5 Å². The fraction of sp³-hybridized carbons (Fsp3) is 0.667. The number of hydrogen-bond donors (Lipinski definition) is 0. The van der Waals surface area contributed by atoms with Gasteiger partial charge in [-0.2, -0.15) is 5.10 Å². The second-order valence-electron chi connectivity index (χ2n) is 4.42. The van der Waals surface area contributed by atoms with E-state index in [1.54, 1.807) is 18.5 Å². The number of carbonyl (C=O) groups is 1. The molecule has 0 saturated heterocycles. The summed E-state index contributed by atoms with van der Waals surface area (Å²) in [4.78, 5) is 11.4. The topological polar surface area (TPSA) is 69.0 Å². The lowest BCUT2D eigenvalue weighted by molar-refractivity contribution is 0.101. The first-order chi connectivity index (χ1) is 8.28. The van der Waals surface area contributed by atoms with Gasteiger partial charge in [0, 0.05) is 18.0 Å². The minimum Gasteiger partial charge on any atom is -0.294 e. The van der Waals surface area contributed by atoms with E-state index in [1.165, 1.54) is 6.92 Å². The van der Waals surface area contributed by atoms with Gasteiger partial charge in [-0.3, -0.25) is 9.48 Å². The minimum absolute atomic E-state index is 0.00238. The molecule has 0 bridgehead atoms. The van der Waals surface area contributed by atoms with Crippen LogP contribution in [0.3, 0.4) is 0 Å². The van der Waals surface area contributed by atoms with Gasteiger partial charge in [-0.05, 0) is 27.2 Å². The van der Waals surface area contributed by atoms with Crippen molar-refractivity contribution in [3.05, 3.63) is 17.0 Å². The summed E-state index contributed by atoms with van der Waals surface area (Å²) < 4.78 is 24.5. The molecule has 0 amide bonds. The van der Waals surface area contributed by atoms with Crippen LogP contribution in [0.15, 0.2) is 0 Å². The summed E-state index contributed by atoms with van der Waals surface area (Å²) in [6, 6.07) is 0. The molecule has 1 heterocycles. The molecule has 0 aromatic carbocycles. The zero-order valence-electron chi connectivity index (χ0n) is 11.4. The first kappa shape index (κ1) is 14.9. The van der Waals surface area contributed by atoms with Crippen molar-refractivity contribution in [3.63, 3.8) is 0 Å². The maximum absolute atomic E-state index is 11.4. The van der Waals surface area contributed by atoms with Crippen LogP contribution in [0, 0.1) is 13.8 Å². The molecule has 6 heteroatoms. The van der Waals surface area contributed by atoms with Crippen LogP contribution >= 0.6 is 0 Å². The SMILES string of the molecule is CCS(=O)(=O)CCCn1nc(C)c(C(C)=O)c1C. The Kier molecular flexibility index (Phi) is 4.67. The highest BCUT2D eigenvalue weighted by atomic mass is 32.2. The van der Waals surface area contributed by atoms with Crippen LogP contribution in [0.2, 0.25) is 0 Å². The normalized spacial score (nSPS) is 11.8. The Labute approximate surface area is 108 Å². The quantitative estimate of drug-likeness (QED) is 0.736. The van der Waals surface area contributed by atoms with Crippen molar-refractivity contribution in [3.8, 4) is 0 Å². The summed E-state index contributed by atoms with van der Waals surface area (Å²) in [6.45, 7) is 7.32. The molecule has 0 unspecified atom stereocenters. The van der Waals surface area contributed by atoms with E-state index in [1.807, 2.05) is 6.92 Å². The molecule has 1 aromatic rings. The zero-order chi connectivity index (χ0) is 13.9. The molecule has 0 fully saturated rings. The molecule has 0 aliphatic carbocycles. The number of sulfone groups is 1. The van der Waals surface area contributed by atoms with Crippen molar-refractivity contribution in [2.24, 2.45) is 0 Å². The van der Waals surface area contributed by atoms with Gasteiger partial charge in [0.15, 0.2) is 5.78 Å². The van der Waals surface area contributed by atoms with Crippen LogP contribution in [0.25, 0.3) is 0 Å². The molecule has 0 aliphatic heterocycles. The third kappa shape index (κ3) is 3.41. The van der Waals surface area contributed by atoms with Crippen molar-refractivity contribution in [2.45, 2.75) is 40.7 Å². The largest absolute Gasteiger partial charge is 0.294 e. The molecule has 5 nitrogen and oxygen atoms in total. The van der Waals surface area contributed by atoms with E-state index < -0.39 is 9.84 Å². The molecule has 0 aliphatic rings.